The molecule has 2 amide bonds. The Labute approximate surface area is 252 Å². The molecule has 206 valence electrons. The Morgan fingerprint density at radius 3 is 2.37 bits per heavy atom. The molecule has 0 bridgehead atoms. The second-order valence-corrected chi connectivity index (χ2v) is 13.0. The highest BCUT2D eigenvalue weighted by Gasteiger charge is 2.78. The Morgan fingerprint density at radius 1 is 0.902 bits per heavy atom. The molecule has 41 heavy (non-hydrogen) atoms. The minimum atomic E-state index is -1.29. The first-order valence-electron chi connectivity index (χ1n) is 13.4. The molecule has 9 heteroatoms. The van der Waals surface area contributed by atoms with Crippen molar-refractivity contribution in [3.63, 3.8) is 0 Å². The molecule has 7 rings (SSSR count). The summed E-state index contributed by atoms with van der Waals surface area (Å²) < 4.78 is 4.79. The smallest absolute Gasteiger partial charge is 0.254 e. The number of benzene rings is 3. The second kappa shape index (κ2) is 9.84. The van der Waals surface area contributed by atoms with Crippen molar-refractivity contribution >= 4 is 57.4 Å². The zero-order valence-electron chi connectivity index (χ0n) is 22.2. The van der Waals surface area contributed by atoms with E-state index in [9.17, 15) is 4.79 Å². The largest absolute Gasteiger partial charge is 0.467 e. The molecule has 2 spiro atoms. The molecule has 0 N–H and O–H groups in total. The highest BCUT2D eigenvalue weighted by atomic mass is 35.5. The number of nitrogens with zero attached hydrogens (tertiary/aromatic N) is 3. The molecule has 6 nitrogen and oxygen atoms in total. The number of hydrogen-bond acceptors (Lipinski definition) is 6. The van der Waals surface area contributed by atoms with Crippen LogP contribution in [-0.2, 0) is 28.2 Å². The second-order valence-electron chi connectivity index (χ2n) is 10.7. The number of carbonyl (C=O) groups excluding carboxylic acids is 2. The highest BCUT2D eigenvalue weighted by Crippen LogP contribution is 2.67. The molecule has 1 aromatic heterocycles. The van der Waals surface area contributed by atoms with E-state index in [2.05, 4.69) is 4.90 Å². The number of likely N-dealkylation sites (N-methyl/N-ethyl adjacent to an activating group) is 1. The van der Waals surface area contributed by atoms with Crippen LogP contribution in [0.5, 0.6) is 0 Å². The molecule has 3 unspecified atom stereocenters. The predicted octanol–water partition coefficient (Wildman–Crippen LogP) is 6.20. The summed E-state index contributed by atoms with van der Waals surface area (Å²) in [6.45, 7) is 1.08. The maximum atomic E-state index is 15.1. The van der Waals surface area contributed by atoms with Crippen molar-refractivity contribution in [1.82, 2.24) is 9.80 Å². The molecule has 3 atom stereocenters. The third-order valence-corrected chi connectivity index (χ3v) is 10.8. The van der Waals surface area contributed by atoms with E-state index in [0.717, 1.165) is 22.4 Å². The van der Waals surface area contributed by atoms with Gasteiger partial charge in [0.1, 0.15) is 14.8 Å². The Hall–Kier alpha value is -3.43. The fraction of sp³-hybridized carbons (Fsp3) is 0.219. The quantitative estimate of drug-likeness (QED) is 0.255. The molecule has 4 heterocycles. The van der Waals surface area contributed by atoms with Crippen LogP contribution in [-0.4, -0.2) is 44.3 Å². The number of furan rings is 1. The topological polar surface area (TPSA) is 57.0 Å². The molecule has 0 radical (unpaired) electrons. The third-order valence-electron chi connectivity index (χ3n) is 8.58. The van der Waals surface area contributed by atoms with E-state index in [1.54, 1.807) is 17.2 Å². The number of carbonyl (C=O) groups is 2. The first-order chi connectivity index (χ1) is 19.9. The average molecular weight is 600 g/mol. The van der Waals surface area contributed by atoms with E-state index in [1.807, 2.05) is 96.9 Å². The van der Waals surface area contributed by atoms with Gasteiger partial charge in [0.15, 0.2) is 5.54 Å². The lowest BCUT2D eigenvalue weighted by atomic mass is 9.72. The normalized spacial score (nSPS) is 25.7. The first-order valence-corrected chi connectivity index (χ1v) is 15.0. The van der Waals surface area contributed by atoms with Crippen molar-refractivity contribution in [3.8, 4) is 0 Å². The van der Waals surface area contributed by atoms with Gasteiger partial charge in [0.25, 0.3) is 5.91 Å². The number of thiocarbonyl (C=S) groups is 1. The molecule has 2 saturated heterocycles. The van der Waals surface area contributed by atoms with Crippen molar-refractivity contribution in [2.24, 2.45) is 0 Å². The van der Waals surface area contributed by atoms with Crippen LogP contribution >= 0.6 is 35.6 Å². The van der Waals surface area contributed by atoms with Gasteiger partial charge in [-0.2, -0.15) is 0 Å². The summed E-state index contributed by atoms with van der Waals surface area (Å²) in [5.74, 6) is -0.0101. The van der Waals surface area contributed by atoms with E-state index in [-0.39, 0.29) is 24.3 Å². The van der Waals surface area contributed by atoms with Crippen LogP contribution in [0.15, 0.2) is 102 Å². The molecule has 4 aromatic rings. The number of hydrogen-bond donors (Lipinski definition) is 0. The van der Waals surface area contributed by atoms with Crippen molar-refractivity contribution in [2.75, 3.05) is 18.5 Å². The summed E-state index contributed by atoms with van der Waals surface area (Å²) in [4.78, 5) is 35.6. The fourth-order valence-corrected chi connectivity index (χ4v) is 9.11. The molecular formula is C32H26ClN3O3S2. The molecule has 2 fully saturated rings. The predicted molar refractivity (Wildman–Crippen MR) is 165 cm³/mol. The lowest BCUT2D eigenvalue weighted by molar-refractivity contribution is -0.139. The van der Waals surface area contributed by atoms with E-state index < -0.39 is 10.3 Å². The molecule has 3 aliphatic heterocycles. The van der Waals surface area contributed by atoms with Crippen LogP contribution < -0.4 is 4.90 Å². The van der Waals surface area contributed by atoms with Gasteiger partial charge in [-0.3, -0.25) is 19.4 Å². The number of rotatable bonds is 5. The maximum absolute atomic E-state index is 15.1. The number of halogens is 1. The summed E-state index contributed by atoms with van der Waals surface area (Å²) in [6, 6.07) is 29.0. The molecular weight excluding hydrogens is 574 g/mol. The van der Waals surface area contributed by atoms with Gasteiger partial charge < -0.3 is 9.32 Å². The number of likely N-dealkylation sites (tertiary alicyclic amines) is 1. The van der Waals surface area contributed by atoms with E-state index in [0.29, 0.717) is 28.2 Å². The van der Waals surface area contributed by atoms with Crippen molar-refractivity contribution in [2.45, 2.75) is 29.3 Å². The van der Waals surface area contributed by atoms with Gasteiger partial charge in [-0.25, -0.2) is 0 Å². The Morgan fingerprint density at radius 2 is 1.63 bits per heavy atom. The lowest BCUT2D eigenvalue weighted by Gasteiger charge is -2.42. The van der Waals surface area contributed by atoms with E-state index >= 15 is 4.79 Å². The van der Waals surface area contributed by atoms with Crippen LogP contribution in [0, 0.1) is 0 Å². The summed E-state index contributed by atoms with van der Waals surface area (Å²) in [7, 11) is 1.95. The van der Waals surface area contributed by atoms with Crippen molar-refractivity contribution < 1.29 is 14.0 Å². The minimum absolute atomic E-state index is 0.120. The summed E-state index contributed by atoms with van der Waals surface area (Å²) in [5.41, 5.74) is 2.30. The number of fused-ring (bicyclic) bond motifs is 3. The zero-order chi connectivity index (χ0) is 28.4. The monoisotopic (exact) mass is 599 g/mol. The van der Waals surface area contributed by atoms with Crippen LogP contribution in [0.25, 0.3) is 0 Å². The van der Waals surface area contributed by atoms with Gasteiger partial charge in [-0.1, -0.05) is 96.2 Å². The number of anilines is 1. The Balaban J connectivity index is 1.44. The van der Waals surface area contributed by atoms with Gasteiger partial charge in [0, 0.05) is 28.7 Å². The summed E-state index contributed by atoms with van der Waals surface area (Å²) in [5, 5.41) is 0.612. The lowest BCUT2D eigenvalue weighted by Crippen LogP contribution is -2.62. The van der Waals surface area contributed by atoms with Crippen LogP contribution in [0.2, 0.25) is 5.02 Å². The van der Waals surface area contributed by atoms with Gasteiger partial charge in [0.05, 0.1) is 19.4 Å². The van der Waals surface area contributed by atoms with Gasteiger partial charge in [-0.15, -0.1) is 0 Å². The van der Waals surface area contributed by atoms with Crippen molar-refractivity contribution in [3.05, 3.63) is 125 Å². The standard InChI is InChI=1S/C32H26ClN3O3S2/c1-34-20-26(22-13-15-23(33)16-14-22)32(29(38)36(30(40)41-32)19-24-10-7-17-39-24)31(34)25-11-5-6-12-27(25)35(28(31)37)18-21-8-3-2-4-9-21/h2-17,26H,18-20H2,1H3. The van der Waals surface area contributed by atoms with Crippen LogP contribution in [0.1, 0.15) is 28.4 Å². The first kappa shape index (κ1) is 26.5. The number of para-hydroxylation sites is 1. The third kappa shape index (κ3) is 3.71. The summed E-state index contributed by atoms with van der Waals surface area (Å²) >= 11 is 13.5. The van der Waals surface area contributed by atoms with Gasteiger partial charge >= 0.3 is 0 Å². The number of amides is 2. The Bertz CT molecular complexity index is 1660. The summed E-state index contributed by atoms with van der Waals surface area (Å²) in [6.07, 6.45) is 1.58. The molecule has 3 aliphatic rings. The SMILES string of the molecule is CN1CC(c2ccc(Cl)cc2)C2(SC(=S)N(Cc3ccco3)C2=O)C12C(=O)N(Cc1ccccc1)c1ccccc12. The molecule has 3 aromatic carbocycles. The van der Waals surface area contributed by atoms with E-state index in [1.165, 1.54) is 11.8 Å². The zero-order valence-corrected chi connectivity index (χ0v) is 24.6. The molecule has 0 aliphatic carbocycles. The van der Waals surface area contributed by atoms with Crippen LogP contribution in [0.3, 0.4) is 0 Å². The van der Waals surface area contributed by atoms with Gasteiger partial charge in [0.2, 0.25) is 5.91 Å². The average Bonchev–Trinajstić information content (AvgIpc) is 3.71. The van der Waals surface area contributed by atoms with Crippen LogP contribution in [0.4, 0.5) is 5.69 Å². The molecule has 0 saturated carbocycles. The Kier molecular flexibility index (Phi) is 6.35. The minimum Gasteiger partial charge on any atom is -0.467 e. The van der Waals surface area contributed by atoms with Crippen molar-refractivity contribution in [1.29, 1.82) is 0 Å². The van der Waals surface area contributed by atoms with Gasteiger partial charge in [-0.05, 0) is 48.5 Å². The maximum Gasteiger partial charge on any atom is 0.254 e. The highest BCUT2D eigenvalue weighted by molar-refractivity contribution is 8.25. The van der Waals surface area contributed by atoms with E-state index in [4.69, 9.17) is 28.2 Å². The number of thioether (sulfide) groups is 1. The fourth-order valence-electron chi connectivity index (χ4n) is 6.86.